The van der Waals surface area contributed by atoms with Crippen LogP contribution in [0.25, 0.3) is 0 Å². The molecule has 0 aromatic carbocycles. The molecule has 0 spiro atoms. The molecule has 154 valence electrons. The highest BCUT2D eigenvalue weighted by Crippen LogP contribution is 2.58. The Morgan fingerprint density at radius 3 is 2.71 bits per heavy atom. The van der Waals surface area contributed by atoms with Crippen molar-refractivity contribution in [1.29, 1.82) is 0 Å². The van der Waals surface area contributed by atoms with Crippen LogP contribution in [-0.4, -0.2) is 22.4 Å². The number of allylic oxidation sites excluding steroid dienone is 4. The van der Waals surface area contributed by atoms with E-state index in [0.717, 1.165) is 37.2 Å². The number of aliphatic hydroxyl groups is 2. The summed E-state index contributed by atoms with van der Waals surface area (Å²) in [7, 11) is 0. The maximum atomic E-state index is 10.1. The molecule has 0 bridgehead atoms. The van der Waals surface area contributed by atoms with E-state index in [0.29, 0.717) is 17.3 Å². The Balaban J connectivity index is 1.43. The van der Waals surface area contributed by atoms with E-state index in [9.17, 15) is 10.2 Å². The topological polar surface area (TPSA) is 40.5 Å². The second kappa shape index (κ2) is 8.32. The molecule has 4 aliphatic rings. The Morgan fingerprint density at radius 2 is 1.93 bits per heavy atom. The lowest BCUT2D eigenvalue weighted by Crippen LogP contribution is -2.33. The number of aliphatic hydroxyl groups excluding tert-OH is 2. The SMILES string of the molecule is C=C1/C(=C\C=C2/CCCC3(C)C(C/C=C/C(O)C4CC4)CCC23)CCCC1O. The van der Waals surface area contributed by atoms with Gasteiger partial charge in [0.25, 0.3) is 0 Å². The molecule has 0 saturated heterocycles. The van der Waals surface area contributed by atoms with Gasteiger partial charge < -0.3 is 10.2 Å². The molecule has 0 amide bonds. The van der Waals surface area contributed by atoms with Gasteiger partial charge in [-0.05, 0) is 105 Å². The van der Waals surface area contributed by atoms with Crippen LogP contribution in [0.1, 0.15) is 77.6 Å². The van der Waals surface area contributed by atoms with E-state index in [4.69, 9.17) is 0 Å². The lowest BCUT2D eigenvalue weighted by Gasteiger charge is -2.42. The zero-order valence-corrected chi connectivity index (χ0v) is 17.6. The average Bonchev–Trinajstić information content (AvgIpc) is 3.47. The average molecular weight is 383 g/mol. The van der Waals surface area contributed by atoms with Gasteiger partial charge in [0.1, 0.15) is 0 Å². The van der Waals surface area contributed by atoms with Gasteiger partial charge in [0.15, 0.2) is 0 Å². The van der Waals surface area contributed by atoms with E-state index in [1.54, 1.807) is 5.57 Å². The Bertz CT molecular complexity index is 681. The smallest absolute Gasteiger partial charge is 0.0787 e. The maximum absolute atomic E-state index is 10.1. The number of hydrogen-bond donors (Lipinski definition) is 2. The van der Waals surface area contributed by atoms with Crippen molar-refractivity contribution in [3.05, 3.63) is 47.6 Å². The van der Waals surface area contributed by atoms with Crippen LogP contribution < -0.4 is 0 Å². The van der Waals surface area contributed by atoms with Crippen molar-refractivity contribution in [3.63, 3.8) is 0 Å². The largest absolute Gasteiger partial charge is 0.389 e. The Kier molecular flexibility index (Phi) is 5.99. The Hall–Kier alpha value is -1.12. The summed E-state index contributed by atoms with van der Waals surface area (Å²) in [5, 5.41) is 20.2. The monoisotopic (exact) mass is 382 g/mol. The van der Waals surface area contributed by atoms with Crippen molar-refractivity contribution < 1.29 is 10.2 Å². The molecule has 2 nitrogen and oxygen atoms in total. The first kappa shape index (κ1) is 20.2. The molecule has 0 aromatic rings. The van der Waals surface area contributed by atoms with Crippen LogP contribution in [0.2, 0.25) is 0 Å². The second-order valence-corrected chi connectivity index (χ2v) is 10.0. The van der Waals surface area contributed by atoms with E-state index in [-0.39, 0.29) is 12.2 Å². The first-order valence-electron chi connectivity index (χ1n) is 11.6. The van der Waals surface area contributed by atoms with Gasteiger partial charge in [0.2, 0.25) is 0 Å². The molecule has 5 atom stereocenters. The maximum Gasteiger partial charge on any atom is 0.0787 e. The van der Waals surface area contributed by atoms with E-state index in [1.165, 1.54) is 50.5 Å². The van der Waals surface area contributed by atoms with Gasteiger partial charge >= 0.3 is 0 Å². The van der Waals surface area contributed by atoms with Gasteiger partial charge in [0.05, 0.1) is 12.2 Å². The molecule has 0 aromatic heterocycles. The molecule has 28 heavy (non-hydrogen) atoms. The third-order valence-corrected chi connectivity index (χ3v) is 8.26. The summed E-state index contributed by atoms with van der Waals surface area (Å²) in [5.74, 6) is 1.98. The summed E-state index contributed by atoms with van der Waals surface area (Å²) in [4.78, 5) is 0. The van der Waals surface area contributed by atoms with E-state index in [1.807, 2.05) is 0 Å². The van der Waals surface area contributed by atoms with Crippen LogP contribution in [0.15, 0.2) is 47.6 Å². The van der Waals surface area contributed by atoms with Crippen LogP contribution >= 0.6 is 0 Å². The molecule has 2 heteroatoms. The zero-order valence-electron chi connectivity index (χ0n) is 17.6. The lowest BCUT2D eigenvalue weighted by atomic mass is 9.63. The molecule has 2 N–H and O–H groups in total. The normalized spacial score (nSPS) is 40.4. The molecular weight excluding hydrogens is 344 g/mol. The van der Waals surface area contributed by atoms with Gasteiger partial charge in [-0.25, -0.2) is 0 Å². The minimum absolute atomic E-state index is 0.211. The molecule has 0 heterocycles. The minimum Gasteiger partial charge on any atom is -0.389 e. The van der Waals surface area contributed by atoms with E-state index in [2.05, 4.69) is 37.8 Å². The number of rotatable bonds is 5. The van der Waals surface area contributed by atoms with Crippen LogP contribution in [-0.2, 0) is 0 Å². The fourth-order valence-electron chi connectivity index (χ4n) is 6.14. The standard InChI is InChI=1S/C26H38O2/c1-18-19(6-3-9-24(18)27)11-12-20-7-5-17-26(2)22(15-16-23(20)26)8-4-10-25(28)21-13-14-21/h4,10-12,21-25,27-28H,1,3,5-9,13-17H2,2H3/b10-4+,19-11-,20-12+. The van der Waals surface area contributed by atoms with Crippen molar-refractivity contribution in [2.75, 3.05) is 0 Å². The van der Waals surface area contributed by atoms with Crippen molar-refractivity contribution >= 4 is 0 Å². The molecule has 4 saturated carbocycles. The fourth-order valence-corrected chi connectivity index (χ4v) is 6.14. The molecular formula is C26H38O2. The van der Waals surface area contributed by atoms with Crippen LogP contribution in [0, 0.1) is 23.2 Å². The van der Waals surface area contributed by atoms with Gasteiger partial charge in [-0.2, -0.15) is 0 Å². The molecule has 0 aliphatic heterocycles. The highest BCUT2D eigenvalue weighted by Gasteiger charge is 2.48. The van der Waals surface area contributed by atoms with Crippen molar-refractivity contribution in [2.45, 2.75) is 89.8 Å². The summed E-state index contributed by atoms with van der Waals surface area (Å²) >= 11 is 0. The van der Waals surface area contributed by atoms with E-state index >= 15 is 0 Å². The minimum atomic E-state index is -0.344. The molecule has 4 fully saturated rings. The van der Waals surface area contributed by atoms with Crippen LogP contribution in [0.5, 0.6) is 0 Å². The van der Waals surface area contributed by atoms with Crippen molar-refractivity contribution in [2.24, 2.45) is 23.2 Å². The summed E-state index contributed by atoms with van der Waals surface area (Å²) < 4.78 is 0. The Morgan fingerprint density at radius 1 is 1.11 bits per heavy atom. The predicted molar refractivity (Wildman–Crippen MR) is 116 cm³/mol. The van der Waals surface area contributed by atoms with E-state index < -0.39 is 0 Å². The van der Waals surface area contributed by atoms with Crippen molar-refractivity contribution in [3.8, 4) is 0 Å². The number of fused-ring (bicyclic) bond motifs is 1. The highest BCUT2D eigenvalue weighted by atomic mass is 16.3. The van der Waals surface area contributed by atoms with Crippen molar-refractivity contribution in [1.82, 2.24) is 0 Å². The first-order valence-corrected chi connectivity index (χ1v) is 11.6. The highest BCUT2D eigenvalue weighted by molar-refractivity contribution is 5.37. The summed E-state index contributed by atoms with van der Waals surface area (Å²) in [6, 6.07) is 0. The predicted octanol–water partition coefficient (Wildman–Crippen LogP) is 5.87. The molecule has 4 rings (SSSR count). The quantitative estimate of drug-likeness (QED) is 0.583. The summed E-state index contributed by atoms with van der Waals surface area (Å²) in [6.07, 6.45) is 21.4. The third kappa shape index (κ3) is 4.09. The van der Waals surface area contributed by atoms with Crippen LogP contribution in [0.4, 0.5) is 0 Å². The Labute approximate surface area is 171 Å². The first-order chi connectivity index (χ1) is 13.5. The summed E-state index contributed by atoms with van der Waals surface area (Å²) in [5.41, 5.74) is 4.22. The van der Waals surface area contributed by atoms with Crippen LogP contribution in [0.3, 0.4) is 0 Å². The second-order valence-electron chi connectivity index (χ2n) is 10.0. The molecule has 0 radical (unpaired) electrons. The van der Waals surface area contributed by atoms with Gasteiger partial charge in [-0.15, -0.1) is 0 Å². The fraction of sp³-hybridized carbons (Fsp3) is 0.692. The number of hydrogen-bond acceptors (Lipinski definition) is 2. The van der Waals surface area contributed by atoms with Gasteiger partial charge in [-0.3, -0.25) is 0 Å². The summed E-state index contributed by atoms with van der Waals surface area (Å²) in [6.45, 7) is 6.64. The van der Waals surface area contributed by atoms with Gasteiger partial charge in [0, 0.05) is 0 Å². The molecule has 5 unspecified atom stereocenters. The molecule has 4 aliphatic carbocycles. The third-order valence-electron chi connectivity index (χ3n) is 8.26. The van der Waals surface area contributed by atoms with Gasteiger partial charge in [-0.1, -0.05) is 43.4 Å². The zero-order chi connectivity index (χ0) is 19.7. The lowest BCUT2D eigenvalue weighted by molar-refractivity contribution is 0.136.